The van der Waals surface area contributed by atoms with E-state index in [1.807, 2.05) is 67.6 Å². The van der Waals surface area contributed by atoms with Crippen molar-refractivity contribution in [1.82, 2.24) is 0 Å². The van der Waals surface area contributed by atoms with E-state index in [0.717, 1.165) is 5.75 Å². The van der Waals surface area contributed by atoms with Crippen LogP contribution in [0.3, 0.4) is 0 Å². The Bertz CT molecular complexity index is 341. The van der Waals surface area contributed by atoms with Gasteiger partial charge in [-0.2, -0.15) is 0 Å². The zero-order valence-corrected chi connectivity index (χ0v) is 9.18. The molecule has 0 saturated heterocycles. The van der Waals surface area contributed by atoms with Crippen molar-refractivity contribution in [2.45, 2.75) is 6.92 Å². The maximum Gasteiger partial charge on any atom is 0.121 e. The van der Waals surface area contributed by atoms with E-state index >= 15 is 0 Å². The molecule has 0 aliphatic rings. The van der Waals surface area contributed by atoms with E-state index in [4.69, 9.17) is 4.74 Å². The van der Waals surface area contributed by atoms with Crippen molar-refractivity contribution in [2.24, 2.45) is 0 Å². The standard InChI is InChI=1S/C8H10O.C6H6/c1-7-5-3-4-6-8(7)9-2;1-2-4-6-5-3-1/h3-6H,1-2H3;1-6H. The minimum Gasteiger partial charge on any atom is -0.496 e. The van der Waals surface area contributed by atoms with Crippen LogP contribution < -0.4 is 4.74 Å². The number of methoxy groups -OCH3 is 1. The molecule has 0 aliphatic carbocycles. The van der Waals surface area contributed by atoms with Crippen LogP contribution in [0, 0.1) is 6.92 Å². The van der Waals surface area contributed by atoms with Crippen molar-refractivity contribution >= 4 is 0 Å². The maximum absolute atomic E-state index is 5.04. The first-order valence-electron chi connectivity index (χ1n) is 4.94. The predicted octanol–water partition coefficient (Wildman–Crippen LogP) is 3.69. The monoisotopic (exact) mass is 200 g/mol. The Balaban J connectivity index is 0.000000162. The van der Waals surface area contributed by atoms with Gasteiger partial charge in [-0.25, -0.2) is 0 Å². The first-order valence-corrected chi connectivity index (χ1v) is 4.94. The molecule has 0 unspecified atom stereocenters. The van der Waals surface area contributed by atoms with Gasteiger partial charge in [0.2, 0.25) is 0 Å². The molecule has 2 aromatic rings. The Labute approximate surface area is 91.3 Å². The predicted molar refractivity (Wildman–Crippen MR) is 64.2 cm³/mol. The molecule has 2 rings (SSSR count). The van der Waals surface area contributed by atoms with Gasteiger partial charge in [0.1, 0.15) is 5.75 Å². The van der Waals surface area contributed by atoms with Gasteiger partial charge >= 0.3 is 0 Å². The second-order valence-corrected chi connectivity index (χ2v) is 3.12. The molecule has 0 amide bonds. The van der Waals surface area contributed by atoms with E-state index in [-0.39, 0.29) is 0 Å². The summed E-state index contributed by atoms with van der Waals surface area (Å²) >= 11 is 0. The Morgan fingerprint density at radius 2 is 1.20 bits per heavy atom. The summed E-state index contributed by atoms with van der Waals surface area (Å²) in [6, 6.07) is 19.9. The molecular formula is C14H16O. The molecule has 1 heteroatoms. The third-order valence-corrected chi connectivity index (χ3v) is 1.98. The highest BCUT2D eigenvalue weighted by molar-refractivity contribution is 5.31. The number of benzene rings is 2. The van der Waals surface area contributed by atoms with Gasteiger partial charge < -0.3 is 4.74 Å². The van der Waals surface area contributed by atoms with E-state index in [1.165, 1.54) is 5.56 Å². The van der Waals surface area contributed by atoms with Crippen molar-refractivity contribution in [3.8, 4) is 5.75 Å². The molecule has 0 atom stereocenters. The van der Waals surface area contributed by atoms with Crippen LogP contribution in [-0.4, -0.2) is 7.11 Å². The van der Waals surface area contributed by atoms with Gasteiger partial charge in [0, 0.05) is 0 Å². The lowest BCUT2D eigenvalue weighted by molar-refractivity contribution is 0.411. The molecular weight excluding hydrogens is 184 g/mol. The minimum absolute atomic E-state index is 0.956. The summed E-state index contributed by atoms with van der Waals surface area (Å²) in [6.45, 7) is 2.03. The molecule has 0 heterocycles. The topological polar surface area (TPSA) is 9.23 Å². The molecule has 0 aromatic heterocycles. The minimum atomic E-state index is 0.956. The zero-order chi connectivity index (χ0) is 10.9. The molecule has 2 aromatic carbocycles. The number of aryl methyl sites for hydroxylation is 1. The Hall–Kier alpha value is -1.76. The van der Waals surface area contributed by atoms with Gasteiger partial charge in [0.05, 0.1) is 7.11 Å². The van der Waals surface area contributed by atoms with Gasteiger partial charge in [-0.3, -0.25) is 0 Å². The molecule has 0 radical (unpaired) electrons. The highest BCUT2D eigenvalue weighted by Gasteiger charge is 1.90. The molecule has 0 bridgehead atoms. The summed E-state index contributed by atoms with van der Waals surface area (Å²) in [5.41, 5.74) is 1.18. The Morgan fingerprint density at radius 3 is 1.53 bits per heavy atom. The third kappa shape index (κ3) is 4.32. The fourth-order valence-electron chi connectivity index (χ4n) is 1.17. The molecule has 15 heavy (non-hydrogen) atoms. The van der Waals surface area contributed by atoms with Gasteiger partial charge in [0.25, 0.3) is 0 Å². The summed E-state index contributed by atoms with van der Waals surface area (Å²) in [4.78, 5) is 0. The second kappa shape index (κ2) is 6.66. The van der Waals surface area contributed by atoms with Gasteiger partial charge in [-0.1, -0.05) is 54.6 Å². The van der Waals surface area contributed by atoms with Crippen molar-refractivity contribution in [2.75, 3.05) is 7.11 Å². The molecule has 0 N–H and O–H groups in total. The van der Waals surface area contributed by atoms with Crippen LogP contribution in [0.5, 0.6) is 5.75 Å². The first-order chi connectivity index (χ1) is 7.34. The van der Waals surface area contributed by atoms with Crippen LogP contribution in [0.15, 0.2) is 60.7 Å². The van der Waals surface area contributed by atoms with E-state index in [1.54, 1.807) is 7.11 Å². The van der Waals surface area contributed by atoms with Crippen LogP contribution in [0.2, 0.25) is 0 Å². The summed E-state index contributed by atoms with van der Waals surface area (Å²) in [6.07, 6.45) is 0. The van der Waals surface area contributed by atoms with Crippen LogP contribution in [0.4, 0.5) is 0 Å². The summed E-state index contributed by atoms with van der Waals surface area (Å²) in [7, 11) is 1.68. The molecule has 0 spiro atoms. The van der Waals surface area contributed by atoms with Gasteiger partial charge in [-0.05, 0) is 18.6 Å². The largest absolute Gasteiger partial charge is 0.496 e. The molecule has 0 fully saturated rings. The number of para-hydroxylation sites is 1. The summed E-state index contributed by atoms with van der Waals surface area (Å²) < 4.78 is 5.04. The van der Waals surface area contributed by atoms with Crippen molar-refractivity contribution in [3.05, 3.63) is 66.2 Å². The highest BCUT2D eigenvalue weighted by Crippen LogP contribution is 2.14. The smallest absolute Gasteiger partial charge is 0.121 e. The molecule has 0 aliphatic heterocycles. The number of ether oxygens (including phenoxy) is 1. The molecule has 1 nitrogen and oxygen atoms in total. The van der Waals surface area contributed by atoms with Crippen molar-refractivity contribution in [3.63, 3.8) is 0 Å². The summed E-state index contributed by atoms with van der Waals surface area (Å²) in [5, 5.41) is 0. The van der Waals surface area contributed by atoms with E-state index in [9.17, 15) is 0 Å². The SMILES string of the molecule is COc1ccccc1C.c1ccccc1. The first kappa shape index (κ1) is 11.3. The quantitative estimate of drug-likeness (QED) is 0.682. The lowest BCUT2D eigenvalue weighted by Crippen LogP contribution is -1.84. The van der Waals surface area contributed by atoms with Crippen LogP contribution in [-0.2, 0) is 0 Å². The number of hydrogen-bond donors (Lipinski definition) is 0. The fraction of sp³-hybridized carbons (Fsp3) is 0.143. The van der Waals surface area contributed by atoms with E-state index in [0.29, 0.717) is 0 Å². The maximum atomic E-state index is 5.04. The van der Waals surface area contributed by atoms with E-state index in [2.05, 4.69) is 0 Å². The number of rotatable bonds is 1. The van der Waals surface area contributed by atoms with Crippen LogP contribution >= 0.6 is 0 Å². The van der Waals surface area contributed by atoms with Crippen LogP contribution in [0.25, 0.3) is 0 Å². The fourth-order valence-corrected chi connectivity index (χ4v) is 1.17. The number of hydrogen-bond acceptors (Lipinski definition) is 1. The van der Waals surface area contributed by atoms with E-state index < -0.39 is 0 Å². The molecule has 78 valence electrons. The van der Waals surface area contributed by atoms with Crippen molar-refractivity contribution in [1.29, 1.82) is 0 Å². The van der Waals surface area contributed by atoms with Gasteiger partial charge in [-0.15, -0.1) is 0 Å². The molecule has 0 saturated carbocycles. The normalized spacial score (nSPS) is 8.67. The Kier molecular flexibility index (Phi) is 5.02. The second-order valence-electron chi connectivity index (χ2n) is 3.12. The highest BCUT2D eigenvalue weighted by atomic mass is 16.5. The van der Waals surface area contributed by atoms with Crippen molar-refractivity contribution < 1.29 is 4.74 Å². The Morgan fingerprint density at radius 1 is 0.733 bits per heavy atom. The summed E-state index contributed by atoms with van der Waals surface area (Å²) in [5.74, 6) is 0.956. The lowest BCUT2D eigenvalue weighted by atomic mass is 10.2. The third-order valence-electron chi connectivity index (χ3n) is 1.98. The zero-order valence-electron chi connectivity index (χ0n) is 9.18. The van der Waals surface area contributed by atoms with Gasteiger partial charge in [0.15, 0.2) is 0 Å². The average Bonchev–Trinajstić information content (AvgIpc) is 2.33. The lowest BCUT2D eigenvalue weighted by Gasteiger charge is -2.00. The van der Waals surface area contributed by atoms with Crippen LogP contribution in [0.1, 0.15) is 5.56 Å². The average molecular weight is 200 g/mol.